The molecule has 0 bridgehead atoms. The highest BCUT2D eigenvalue weighted by molar-refractivity contribution is 7.92. The molecule has 1 aromatic carbocycles. The fourth-order valence-electron chi connectivity index (χ4n) is 2.66. The fourth-order valence-corrected chi connectivity index (χ4v) is 3.85. The Kier molecular flexibility index (Phi) is 7.27. The van der Waals surface area contributed by atoms with E-state index in [1.165, 1.54) is 12.8 Å². The second-order valence-electron chi connectivity index (χ2n) is 8.36. The quantitative estimate of drug-likeness (QED) is 0.535. The van der Waals surface area contributed by atoms with E-state index in [1.54, 1.807) is 20.8 Å². The van der Waals surface area contributed by atoms with E-state index < -0.39 is 14.6 Å². The van der Waals surface area contributed by atoms with Gasteiger partial charge in [-0.25, -0.2) is 8.42 Å². The van der Waals surface area contributed by atoms with Crippen LogP contribution in [0.1, 0.15) is 64.9 Å². The Balaban J connectivity index is 1.66. The molecule has 0 heterocycles. The molecule has 1 aromatic rings. The van der Waals surface area contributed by atoms with Crippen molar-refractivity contribution in [3.63, 3.8) is 0 Å². The van der Waals surface area contributed by atoms with Crippen LogP contribution in [-0.4, -0.2) is 31.3 Å². The second-order valence-corrected chi connectivity index (χ2v) is 11.2. The van der Waals surface area contributed by atoms with Crippen LogP contribution in [0.25, 0.3) is 0 Å². The van der Waals surface area contributed by atoms with Gasteiger partial charge in [-0.15, -0.1) is 0 Å². The van der Waals surface area contributed by atoms with Gasteiger partial charge in [0, 0.05) is 12.8 Å². The summed E-state index contributed by atoms with van der Waals surface area (Å²) in [6.45, 7) is 5.96. The summed E-state index contributed by atoms with van der Waals surface area (Å²) in [6.07, 6.45) is 5.58. The number of hydrogen-bond donors (Lipinski definition) is 0. The topological polar surface area (TPSA) is 60.4 Å². The van der Waals surface area contributed by atoms with Gasteiger partial charge in [0.1, 0.15) is 11.5 Å². The number of hydrogen-bond acceptors (Lipinski definition) is 4. The molecule has 0 atom stereocenters. The molecule has 0 unspecified atom stereocenters. The minimum Gasteiger partial charge on any atom is -0.493 e. The van der Waals surface area contributed by atoms with Gasteiger partial charge in [-0.1, -0.05) is 18.6 Å². The molecular weight excluding hydrogens is 348 g/mol. The summed E-state index contributed by atoms with van der Waals surface area (Å²) in [5.41, 5.74) is 0.985. The molecule has 0 aliphatic heterocycles. The third-order valence-corrected chi connectivity index (χ3v) is 7.48. The highest BCUT2D eigenvalue weighted by Crippen LogP contribution is 2.29. The first-order valence-corrected chi connectivity index (χ1v) is 11.3. The number of Topliss-reactive ketones (excluding diaryl/α,β-unsaturated/α-hetero) is 1. The Hall–Kier alpha value is -1.36. The molecule has 1 saturated carbocycles. The Labute approximate surface area is 158 Å². The molecule has 2 rings (SSSR count). The van der Waals surface area contributed by atoms with Crippen molar-refractivity contribution < 1.29 is 17.9 Å². The second kappa shape index (κ2) is 9.03. The Morgan fingerprint density at radius 3 is 2.54 bits per heavy atom. The summed E-state index contributed by atoms with van der Waals surface area (Å²) in [4.78, 5) is 12.2. The van der Waals surface area contributed by atoms with Crippen molar-refractivity contribution in [1.82, 2.24) is 0 Å². The predicted octanol–water partition coefficient (Wildman–Crippen LogP) is 4.36. The number of benzene rings is 1. The number of carbonyl (C=O) groups excluding carboxylic acids is 1. The summed E-state index contributed by atoms with van der Waals surface area (Å²) >= 11 is 0. The van der Waals surface area contributed by atoms with E-state index in [4.69, 9.17) is 4.74 Å². The van der Waals surface area contributed by atoms with Crippen LogP contribution in [-0.2, 0) is 21.1 Å². The Bertz CT molecular complexity index is 697. The zero-order valence-electron chi connectivity index (χ0n) is 16.3. The maximum atomic E-state index is 12.2. The Morgan fingerprint density at radius 2 is 1.88 bits per heavy atom. The van der Waals surface area contributed by atoms with Gasteiger partial charge >= 0.3 is 0 Å². The molecule has 1 fully saturated rings. The third-order valence-electron chi connectivity index (χ3n) is 4.78. The lowest BCUT2D eigenvalue weighted by molar-refractivity contribution is -0.118. The highest BCUT2D eigenvalue weighted by Gasteiger charge is 2.27. The first kappa shape index (κ1) is 20.9. The molecule has 0 saturated heterocycles. The molecule has 1 aliphatic carbocycles. The SMILES string of the molecule is CC(C)(C)S(=O)(=O)CCCCCC(=O)Cc1cccc(OCC2CC2)c1. The first-order chi connectivity index (χ1) is 12.2. The van der Waals surface area contributed by atoms with E-state index in [0.717, 1.165) is 30.8 Å². The number of rotatable bonds is 11. The van der Waals surface area contributed by atoms with Gasteiger partial charge in [-0.3, -0.25) is 4.79 Å². The monoisotopic (exact) mass is 380 g/mol. The molecule has 0 aromatic heterocycles. The largest absolute Gasteiger partial charge is 0.493 e. The number of carbonyl (C=O) groups is 1. The van der Waals surface area contributed by atoms with Crippen molar-refractivity contribution in [1.29, 1.82) is 0 Å². The molecule has 4 nitrogen and oxygen atoms in total. The molecule has 0 N–H and O–H groups in total. The van der Waals surface area contributed by atoms with Crippen molar-refractivity contribution in [3.8, 4) is 5.75 Å². The van der Waals surface area contributed by atoms with Crippen LogP contribution in [0.3, 0.4) is 0 Å². The average Bonchev–Trinajstić information content (AvgIpc) is 3.36. The van der Waals surface area contributed by atoms with Crippen LogP contribution in [0.4, 0.5) is 0 Å². The van der Waals surface area contributed by atoms with Gasteiger partial charge in [0.25, 0.3) is 0 Å². The van der Waals surface area contributed by atoms with Crippen LogP contribution in [0, 0.1) is 5.92 Å². The van der Waals surface area contributed by atoms with E-state index in [9.17, 15) is 13.2 Å². The number of unbranched alkanes of at least 4 members (excludes halogenated alkanes) is 2. The van der Waals surface area contributed by atoms with Gasteiger partial charge in [0.15, 0.2) is 9.84 Å². The molecule has 0 spiro atoms. The summed E-state index contributed by atoms with van der Waals surface area (Å²) in [5.74, 6) is 1.95. The van der Waals surface area contributed by atoms with E-state index in [0.29, 0.717) is 25.2 Å². The number of ether oxygens (including phenoxy) is 1. The van der Waals surface area contributed by atoms with Gasteiger partial charge in [0.2, 0.25) is 0 Å². The first-order valence-electron chi connectivity index (χ1n) is 9.63. The van der Waals surface area contributed by atoms with Crippen LogP contribution in [0.5, 0.6) is 5.75 Å². The summed E-state index contributed by atoms with van der Waals surface area (Å²) in [7, 11) is -3.06. The zero-order chi connectivity index (χ0) is 19.2. The van der Waals surface area contributed by atoms with Crippen LogP contribution in [0.2, 0.25) is 0 Å². The maximum Gasteiger partial charge on any atom is 0.155 e. The summed E-state index contributed by atoms with van der Waals surface area (Å²) in [6, 6.07) is 7.78. The highest BCUT2D eigenvalue weighted by atomic mass is 32.2. The van der Waals surface area contributed by atoms with Crippen molar-refractivity contribution in [2.24, 2.45) is 5.92 Å². The minimum absolute atomic E-state index is 0.197. The van der Waals surface area contributed by atoms with E-state index in [-0.39, 0.29) is 11.5 Å². The molecule has 1 aliphatic rings. The maximum absolute atomic E-state index is 12.2. The summed E-state index contributed by atoms with van der Waals surface area (Å²) < 4.78 is 29.1. The summed E-state index contributed by atoms with van der Waals surface area (Å²) in [5, 5.41) is 0. The fraction of sp³-hybridized carbons (Fsp3) is 0.667. The van der Waals surface area contributed by atoms with Crippen molar-refractivity contribution in [2.75, 3.05) is 12.4 Å². The van der Waals surface area contributed by atoms with E-state index in [1.807, 2.05) is 24.3 Å². The predicted molar refractivity (Wildman–Crippen MR) is 105 cm³/mol. The number of ketones is 1. The molecule has 5 heteroatoms. The normalized spacial score (nSPS) is 15.0. The Morgan fingerprint density at radius 1 is 1.15 bits per heavy atom. The zero-order valence-corrected chi connectivity index (χ0v) is 17.1. The smallest absolute Gasteiger partial charge is 0.155 e. The van der Waals surface area contributed by atoms with Crippen LogP contribution < -0.4 is 4.74 Å². The lowest BCUT2D eigenvalue weighted by Gasteiger charge is -2.18. The molecule has 146 valence electrons. The number of sulfone groups is 1. The van der Waals surface area contributed by atoms with Gasteiger partial charge in [-0.2, -0.15) is 0 Å². The van der Waals surface area contributed by atoms with Crippen LogP contribution in [0.15, 0.2) is 24.3 Å². The average molecular weight is 381 g/mol. The molecule has 0 radical (unpaired) electrons. The third kappa shape index (κ3) is 7.10. The standard InChI is InChI=1S/C21H32O4S/c1-21(2,3)26(23,24)13-6-4-5-9-19(22)14-18-8-7-10-20(15-18)25-16-17-11-12-17/h7-8,10,15,17H,4-6,9,11-14,16H2,1-3H3. The van der Waals surface area contributed by atoms with Gasteiger partial charge in [-0.05, 0) is 70.1 Å². The molecule has 26 heavy (non-hydrogen) atoms. The van der Waals surface area contributed by atoms with Crippen molar-refractivity contribution in [2.45, 2.75) is 70.5 Å². The minimum atomic E-state index is -3.06. The molecule has 0 amide bonds. The van der Waals surface area contributed by atoms with E-state index in [2.05, 4.69) is 0 Å². The van der Waals surface area contributed by atoms with Crippen molar-refractivity contribution >= 4 is 15.6 Å². The van der Waals surface area contributed by atoms with Crippen LogP contribution >= 0.6 is 0 Å². The van der Waals surface area contributed by atoms with Crippen molar-refractivity contribution in [3.05, 3.63) is 29.8 Å². The molecular formula is C21H32O4S. The lowest BCUT2D eigenvalue weighted by atomic mass is 10.0. The van der Waals surface area contributed by atoms with E-state index >= 15 is 0 Å². The van der Waals surface area contributed by atoms with Gasteiger partial charge in [0.05, 0.1) is 17.1 Å². The lowest BCUT2D eigenvalue weighted by Crippen LogP contribution is -2.30. The van der Waals surface area contributed by atoms with Gasteiger partial charge < -0.3 is 4.74 Å².